The Bertz CT molecular complexity index is 249. The molecule has 0 aliphatic rings. The molecule has 0 fully saturated rings. The molecule has 3 nitrogen and oxygen atoms in total. The maximum atomic E-state index is 9.82. The molecule has 0 unspecified atom stereocenters. The second-order valence-corrected chi connectivity index (χ2v) is 3.03. The van der Waals surface area contributed by atoms with Gasteiger partial charge in [0.05, 0.1) is 6.61 Å². The van der Waals surface area contributed by atoms with Crippen LogP contribution in [0.1, 0.15) is 18.4 Å². The van der Waals surface area contributed by atoms with Gasteiger partial charge in [-0.05, 0) is 24.8 Å². The predicted octanol–water partition coefficient (Wildman–Crippen LogP) is 1.69. The minimum absolute atomic E-state index is 0.539. The zero-order chi connectivity index (χ0) is 10.1. The number of hydroxylamine groups is 1. The van der Waals surface area contributed by atoms with Crippen molar-refractivity contribution in [1.82, 2.24) is 5.48 Å². The van der Waals surface area contributed by atoms with Gasteiger partial charge in [0.15, 0.2) is 0 Å². The molecule has 0 aromatic heterocycles. The van der Waals surface area contributed by atoms with Crippen LogP contribution in [0.2, 0.25) is 0 Å². The van der Waals surface area contributed by atoms with E-state index in [1.54, 1.807) is 0 Å². The Morgan fingerprint density at radius 1 is 1.21 bits per heavy atom. The number of amides is 1. The average molecular weight is 193 g/mol. The molecule has 1 aromatic carbocycles. The number of unbranched alkanes of at least 4 members (excludes halogenated alkanes) is 1. The summed E-state index contributed by atoms with van der Waals surface area (Å²) < 4.78 is 0. The van der Waals surface area contributed by atoms with E-state index in [4.69, 9.17) is 4.84 Å². The van der Waals surface area contributed by atoms with Crippen molar-refractivity contribution >= 4 is 6.41 Å². The predicted molar refractivity (Wildman–Crippen MR) is 54.5 cm³/mol. The van der Waals surface area contributed by atoms with Crippen LogP contribution in [0.4, 0.5) is 0 Å². The van der Waals surface area contributed by atoms with Gasteiger partial charge in [-0.15, -0.1) is 0 Å². The van der Waals surface area contributed by atoms with E-state index in [2.05, 4.69) is 17.6 Å². The van der Waals surface area contributed by atoms with E-state index >= 15 is 0 Å². The molecule has 1 N–H and O–H groups in total. The number of nitrogens with one attached hydrogen (secondary N) is 1. The van der Waals surface area contributed by atoms with E-state index in [0.717, 1.165) is 19.3 Å². The lowest BCUT2D eigenvalue weighted by Gasteiger charge is -2.01. The molecule has 14 heavy (non-hydrogen) atoms. The van der Waals surface area contributed by atoms with Crippen molar-refractivity contribution in [2.24, 2.45) is 0 Å². The van der Waals surface area contributed by atoms with Crippen molar-refractivity contribution in [3.63, 3.8) is 0 Å². The van der Waals surface area contributed by atoms with Gasteiger partial charge in [-0.1, -0.05) is 30.3 Å². The number of carbonyl (C=O) groups excluding carboxylic acids is 1. The first-order valence-corrected chi connectivity index (χ1v) is 4.78. The number of hydrogen-bond donors (Lipinski definition) is 1. The number of hydrogen-bond acceptors (Lipinski definition) is 2. The molecule has 76 valence electrons. The first kappa shape index (κ1) is 10.7. The highest BCUT2D eigenvalue weighted by Crippen LogP contribution is 2.03. The van der Waals surface area contributed by atoms with Crippen molar-refractivity contribution in [2.75, 3.05) is 6.61 Å². The Labute approximate surface area is 84.0 Å². The lowest BCUT2D eigenvalue weighted by Crippen LogP contribution is -2.12. The Morgan fingerprint density at radius 2 is 2.00 bits per heavy atom. The lowest BCUT2D eigenvalue weighted by molar-refractivity contribution is -0.120. The van der Waals surface area contributed by atoms with Crippen molar-refractivity contribution < 1.29 is 9.63 Å². The summed E-state index contributed by atoms with van der Waals surface area (Å²) in [6, 6.07) is 10.3. The summed E-state index contributed by atoms with van der Waals surface area (Å²) in [5, 5.41) is 0. The molecule has 0 saturated heterocycles. The first-order valence-electron chi connectivity index (χ1n) is 4.78. The molecule has 1 aromatic rings. The van der Waals surface area contributed by atoms with Crippen LogP contribution >= 0.6 is 0 Å². The van der Waals surface area contributed by atoms with Gasteiger partial charge in [-0.2, -0.15) is 0 Å². The molecule has 3 heteroatoms. The summed E-state index contributed by atoms with van der Waals surface area (Å²) in [5.74, 6) is 0. The normalized spacial score (nSPS) is 9.71. The standard InChI is InChI=1S/C11H15NO2/c13-10-12-14-9-5-4-8-11-6-2-1-3-7-11/h1-3,6-7,10H,4-5,8-9H2,(H,12,13). The van der Waals surface area contributed by atoms with Gasteiger partial charge in [0.2, 0.25) is 6.41 Å². The fourth-order valence-electron chi connectivity index (χ4n) is 1.24. The summed E-state index contributed by atoms with van der Waals surface area (Å²) >= 11 is 0. The molecular formula is C11H15NO2. The number of aryl methyl sites for hydroxylation is 1. The maximum Gasteiger partial charge on any atom is 0.230 e. The van der Waals surface area contributed by atoms with Gasteiger partial charge >= 0.3 is 0 Å². The topological polar surface area (TPSA) is 38.3 Å². The highest BCUT2D eigenvalue weighted by atomic mass is 16.6. The minimum Gasteiger partial charge on any atom is -0.277 e. The molecule has 0 aliphatic carbocycles. The minimum atomic E-state index is 0.539. The monoisotopic (exact) mass is 193 g/mol. The molecule has 1 amide bonds. The summed E-state index contributed by atoms with van der Waals surface area (Å²) in [6.45, 7) is 0.575. The molecular weight excluding hydrogens is 178 g/mol. The smallest absolute Gasteiger partial charge is 0.230 e. The Kier molecular flexibility index (Phi) is 5.43. The summed E-state index contributed by atoms with van der Waals surface area (Å²) in [7, 11) is 0. The molecule has 0 bridgehead atoms. The van der Waals surface area contributed by atoms with Crippen LogP contribution in [0.25, 0.3) is 0 Å². The van der Waals surface area contributed by atoms with Gasteiger partial charge < -0.3 is 0 Å². The van der Waals surface area contributed by atoms with Gasteiger partial charge in [0.25, 0.3) is 0 Å². The van der Waals surface area contributed by atoms with Crippen LogP contribution in [0.3, 0.4) is 0 Å². The summed E-state index contributed by atoms with van der Waals surface area (Å²) in [5.41, 5.74) is 3.51. The molecule has 1 rings (SSSR count). The van der Waals surface area contributed by atoms with E-state index < -0.39 is 0 Å². The van der Waals surface area contributed by atoms with Gasteiger partial charge in [0.1, 0.15) is 0 Å². The second kappa shape index (κ2) is 7.09. The highest BCUT2D eigenvalue weighted by Gasteiger charge is 1.92. The Morgan fingerprint density at radius 3 is 2.71 bits per heavy atom. The van der Waals surface area contributed by atoms with E-state index in [-0.39, 0.29) is 0 Å². The Balaban J connectivity index is 2.02. The average Bonchev–Trinajstić information content (AvgIpc) is 2.25. The molecule has 0 heterocycles. The van der Waals surface area contributed by atoms with Gasteiger partial charge in [0, 0.05) is 0 Å². The second-order valence-electron chi connectivity index (χ2n) is 3.03. The molecule has 0 atom stereocenters. The number of rotatable bonds is 7. The first-order chi connectivity index (χ1) is 6.93. The van der Waals surface area contributed by atoms with Crippen molar-refractivity contribution in [3.8, 4) is 0 Å². The molecule has 0 aliphatic heterocycles. The quantitative estimate of drug-likeness (QED) is 0.406. The van der Waals surface area contributed by atoms with Crippen molar-refractivity contribution in [3.05, 3.63) is 35.9 Å². The Hall–Kier alpha value is -1.35. The van der Waals surface area contributed by atoms with Crippen LogP contribution in [0.5, 0.6) is 0 Å². The largest absolute Gasteiger partial charge is 0.277 e. The van der Waals surface area contributed by atoms with Crippen LogP contribution in [-0.4, -0.2) is 13.0 Å². The number of carbonyl (C=O) groups is 1. The van der Waals surface area contributed by atoms with Crippen molar-refractivity contribution in [2.45, 2.75) is 19.3 Å². The SMILES string of the molecule is O=CNOCCCCc1ccccc1. The lowest BCUT2D eigenvalue weighted by atomic mass is 10.1. The third-order valence-corrected chi connectivity index (χ3v) is 1.94. The summed E-state index contributed by atoms with van der Waals surface area (Å²) in [6.07, 6.45) is 3.63. The fourth-order valence-corrected chi connectivity index (χ4v) is 1.24. The van der Waals surface area contributed by atoms with E-state index in [0.29, 0.717) is 13.0 Å². The van der Waals surface area contributed by atoms with Gasteiger partial charge in [-0.25, -0.2) is 5.48 Å². The zero-order valence-electron chi connectivity index (χ0n) is 8.11. The third kappa shape index (κ3) is 4.62. The zero-order valence-corrected chi connectivity index (χ0v) is 8.11. The van der Waals surface area contributed by atoms with Gasteiger partial charge in [-0.3, -0.25) is 9.63 Å². The van der Waals surface area contributed by atoms with Crippen LogP contribution < -0.4 is 5.48 Å². The van der Waals surface area contributed by atoms with Crippen LogP contribution in [0, 0.1) is 0 Å². The molecule has 0 spiro atoms. The number of benzene rings is 1. The fraction of sp³-hybridized carbons (Fsp3) is 0.364. The highest BCUT2D eigenvalue weighted by molar-refractivity contribution is 5.43. The summed E-state index contributed by atoms with van der Waals surface area (Å²) in [4.78, 5) is 14.6. The van der Waals surface area contributed by atoms with E-state index in [9.17, 15) is 4.79 Å². The van der Waals surface area contributed by atoms with E-state index in [1.165, 1.54) is 5.56 Å². The molecule has 0 saturated carbocycles. The van der Waals surface area contributed by atoms with Crippen LogP contribution in [0.15, 0.2) is 30.3 Å². The van der Waals surface area contributed by atoms with Crippen LogP contribution in [-0.2, 0) is 16.1 Å². The third-order valence-electron chi connectivity index (χ3n) is 1.94. The molecule has 0 radical (unpaired) electrons. The van der Waals surface area contributed by atoms with E-state index in [1.807, 2.05) is 18.2 Å². The van der Waals surface area contributed by atoms with Crippen molar-refractivity contribution in [1.29, 1.82) is 0 Å². The maximum absolute atomic E-state index is 9.82.